The largest absolute Gasteiger partial charge is 0.497 e. The molecule has 3 heteroatoms. The van der Waals surface area contributed by atoms with E-state index in [4.69, 9.17) is 4.74 Å². The highest BCUT2D eigenvalue weighted by molar-refractivity contribution is 14.1. The number of hydrogen-bond acceptors (Lipinski definition) is 2. The zero-order valence-corrected chi connectivity index (χ0v) is 13.9. The third-order valence-corrected chi connectivity index (χ3v) is 4.41. The molecule has 0 heterocycles. The van der Waals surface area contributed by atoms with Gasteiger partial charge in [0, 0.05) is 15.8 Å². The molecular formula is C18H16INO. The van der Waals surface area contributed by atoms with E-state index >= 15 is 0 Å². The van der Waals surface area contributed by atoms with Gasteiger partial charge in [0.2, 0.25) is 0 Å². The van der Waals surface area contributed by atoms with Crippen LogP contribution in [0.15, 0.2) is 60.7 Å². The third kappa shape index (κ3) is 3.29. The summed E-state index contributed by atoms with van der Waals surface area (Å²) in [5.41, 5.74) is 2.44. The fourth-order valence-electron chi connectivity index (χ4n) is 2.31. The highest BCUT2D eigenvalue weighted by Gasteiger charge is 2.01. The van der Waals surface area contributed by atoms with E-state index in [1.165, 1.54) is 25.6 Å². The Balaban J connectivity index is 1.80. The maximum Gasteiger partial charge on any atom is 0.119 e. The van der Waals surface area contributed by atoms with Gasteiger partial charge in [0.25, 0.3) is 0 Å². The quantitative estimate of drug-likeness (QED) is 0.630. The monoisotopic (exact) mass is 389 g/mol. The van der Waals surface area contributed by atoms with Gasteiger partial charge in [-0.25, -0.2) is 0 Å². The van der Waals surface area contributed by atoms with Crippen LogP contribution in [0.3, 0.4) is 0 Å². The van der Waals surface area contributed by atoms with Crippen molar-refractivity contribution in [3.63, 3.8) is 0 Å². The van der Waals surface area contributed by atoms with Crippen LogP contribution in [0.5, 0.6) is 5.75 Å². The summed E-state index contributed by atoms with van der Waals surface area (Å²) in [5.74, 6) is 0.896. The molecule has 0 saturated carbocycles. The lowest BCUT2D eigenvalue weighted by atomic mass is 10.1. The summed E-state index contributed by atoms with van der Waals surface area (Å²) in [6.45, 7) is 0.821. The van der Waals surface area contributed by atoms with E-state index in [2.05, 4.69) is 82.5 Å². The van der Waals surface area contributed by atoms with Crippen LogP contribution in [0, 0.1) is 3.57 Å². The van der Waals surface area contributed by atoms with Gasteiger partial charge in [0.15, 0.2) is 0 Å². The maximum atomic E-state index is 5.26. The van der Waals surface area contributed by atoms with Gasteiger partial charge < -0.3 is 10.1 Å². The molecule has 0 bridgehead atoms. The highest BCUT2D eigenvalue weighted by Crippen LogP contribution is 2.23. The number of anilines is 1. The molecule has 0 radical (unpaired) electrons. The molecule has 2 nitrogen and oxygen atoms in total. The Hall–Kier alpha value is -1.75. The molecule has 0 spiro atoms. The number of rotatable bonds is 4. The molecule has 0 aliphatic carbocycles. The van der Waals surface area contributed by atoms with Gasteiger partial charge >= 0.3 is 0 Å². The van der Waals surface area contributed by atoms with Crippen LogP contribution in [0.4, 0.5) is 5.69 Å². The SMILES string of the molecule is COc1ccc2cc(CNc3ccccc3I)ccc2c1. The Morgan fingerprint density at radius 1 is 0.952 bits per heavy atom. The van der Waals surface area contributed by atoms with Gasteiger partial charge in [-0.3, -0.25) is 0 Å². The van der Waals surface area contributed by atoms with Gasteiger partial charge in [-0.05, 0) is 69.3 Å². The van der Waals surface area contributed by atoms with Gasteiger partial charge in [-0.15, -0.1) is 0 Å². The summed E-state index contributed by atoms with van der Waals surface area (Å²) in [6.07, 6.45) is 0. The van der Waals surface area contributed by atoms with Crippen molar-refractivity contribution in [2.24, 2.45) is 0 Å². The van der Waals surface area contributed by atoms with Crippen molar-refractivity contribution in [2.75, 3.05) is 12.4 Å². The van der Waals surface area contributed by atoms with Gasteiger partial charge in [-0.1, -0.05) is 30.3 Å². The minimum absolute atomic E-state index is 0.821. The second-order valence-corrected chi connectivity index (χ2v) is 6.04. The number of benzene rings is 3. The smallest absolute Gasteiger partial charge is 0.119 e. The summed E-state index contributed by atoms with van der Waals surface area (Å²) >= 11 is 2.35. The van der Waals surface area contributed by atoms with Crippen LogP contribution in [-0.4, -0.2) is 7.11 Å². The van der Waals surface area contributed by atoms with Crippen molar-refractivity contribution >= 4 is 39.1 Å². The molecule has 0 aliphatic heterocycles. The number of ether oxygens (including phenoxy) is 1. The first-order chi connectivity index (χ1) is 10.3. The lowest BCUT2D eigenvalue weighted by molar-refractivity contribution is 0.415. The fourth-order valence-corrected chi connectivity index (χ4v) is 2.89. The van der Waals surface area contributed by atoms with Crippen LogP contribution < -0.4 is 10.1 Å². The molecule has 3 aromatic rings. The summed E-state index contributed by atoms with van der Waals surface area (Å²) in [4.78, 5) is 0. The Morgan fingerprint density at radius 2 is 1.71 bits per heavy atom. The topological polar surface area (TPSA) is 21.3 Å². The molecule has 1 N–H and O–H groups in total. The number of nitrogens with one attached hydrogen (secondary N) is 1. The average molecular weight is 389 g/mol. The number of methoxy groups -OCH3 is 1. The minimum Gasteiger partial charge on any atom is -0.497 e. The zero-order chi connectivity index (χ0) is 14.7. The van der Waals surface area contributed by atoms with E-state index < -0.39 is 0 Å². The van der Waals surface area contributed by atoms with E-state index in [9.17, 15) is 0 Å². The molecular weight excluding hydrogens is 373 g/mol. The standard InChI is InChI=1S/C18H16INO/c1-21-16-9-8-14-10-13(6-7-15(14)11-16)12-20-18-5-3-2-4-17(18)19/h2-11,20H,12H2,1H3. The summed E-state index contributed by atoms with van der Waals surface area (Å²) in [5, 5.41) is 5.92. The van der Waals surface area contributed by atoms with Crippen LogP contribution in [0.1, 0.15) is 5.56 Å². The van der Waals surface area contributed by atoms with Crippen molar-refractivity contribution in [1.29, 1.82) is 0 Å². The lowest BCUT2D eigenvalue weighted by Crippen LogP contribution is -2.00. The van der Waals surface area contributed by atoms with Crippen LogP contribution in [0.2, 0.25) is 0 Å². The first kappa shape index (κ1) is 14.2. The van der Waals surface area contributed by atoms with E-state index in [-0.39, 0.29) is 0 Å². The third-order valence-electron chi connectivity index (χ3n) is 3.47. The Labute approximate surface area is 138 Å². The first-order valence-electron chi connectivity index (χ1n) is 6.81. The normalized spacial score (nSPS) is 10.6. The predicted octanol–water partition coefficient (Wildman–Crippen LogP) is 5.07. The number of hydrogen-bond donors (Lipinski definition) is 1. The molecule has 0 unspecified atom stereocenters. The molecule has 0 aliphatic rings. The summed E-state index contributed by atoms with van der Waals surface area (Å²) in [6, 6.07) is 21.0. The van der Waals surface area contributed by atoms with Gasteiger partial charge in [0.05, 0.1) is 7.11 Å². The van der Waals surface area contributed by atoms with Crippen LogP contribution in [-0.2, 0) is 6.54 Å². The number of halogens is 1. The molecule has 3 aromatic carbocycles. The zero-order valence-electron chi connectivity index (χ0n) is 11.8. The lowest BCUT2D eigenvalue weighted by Gasteiger charge is -2.09. The molecule has 21 heavy (non-hydrogen) atoms. The van der Waals surface area contributed by atoms with E-state index in [1.54, 1.807) is 7.11 Å². The van der Waals surface area contributed by atoms with E-state index in [0.29, 0.717) is 0 Å². The van der Waals surface area contributed by atoms with E-state index in [1.807, 2.05) is 6.07 Å². The van der Waals surface area contributed by atoms with Crippen LogP contribution in [0.25, 0.3) is 10.8 Å². The molecule has 0 atom stereocenters. The molecule has 0 aromatic heterocycles. The second kappa shape index (κ2) is 6.35. The summed E-state index contributed by atoms with van der Waals surface area (Å²) in [7, 11) is 1.70. The van der Waals surface area contributed by atoms with Crippen molar-refractivity contribution < 1.29 is 4.74 Å². The van der Waals surface area contributed by atoms with Gasteiger partial charge in [0.1, 0.15) is 5.75 Å². The molecule has 0 amide bonds. The van der Waals surface area contributed by atoms with Crippen LogP contribution >= 0.6 is 22.6 Å². The van der Waals surface area contributed by atoms with E-state index in [0.717, 1.165) is 12.3 Å². The number of fused-ring (bicyclic) bond motifs is 1. The Morgan fingerprint density at radius 3 is 2.52 bits per heavy atom. The minimum atomic E-state index is 0.821. The van der Waals surface area contributed by atoms with Gasteiger partial charge in [-0.2, -0.15) is 0 Å². The second-order valence-electron chi connectivity index (χ2n) is 4.88. The average Bonchev–Trinajstić information content (AvgIpc) is 2.53. The summed E-state index contributed by atoms with van der Waals surface area (Å²) < 4.78 is 6.49. The van der Waals surface area contributed by atoms with Crippen molar-refractivity contribution in [1.82, 2.24) is 0 Å². The first-order valence-corrected chi connectivity index (χ1v) is 7.89. The molecule has 0 saturated heterocycles. The number of para-hydroxylation sites is 1. The van der Waals surface area contributed by atoms with Crippen molar-refractivity contribution in [3.05, 3.63) is 69.8 Å². The molecule has 3 rings (SSSR count). The molecule has 0 fully saturated rings. The predicted molar refractivity (Wildman–Crippen MR) is 97.0 cm³/mol. The van der Waals surface area contributed by atoms with Crippen molar-refractivity contribution in [2.45, 2.75) is 6.54 Å². The highest BCUT2D eigenvalue weighted by atomic mass is 127. The fraction of sp³-hybridized carbons (Fsp3) is 0.111. The Bertz CT molecular complexity index is 770. The van der Waals surface area contributed by atoms with Crippen molar-refractivity contribution in [3.8, 4) is 5.75 Å². The maximum absolute atomic E-state index is 5.26. The molecule has 106 valence electrons. The Kier molecular flexibility index (Phi) is 4.29.